The molecule has 0 atom stereocenters. The number of nitrogens with one attached hydrogen (secondary N) is 1. The van der Waals surface area contributed by atoms with Gasteiger partial charge in [-0.25, -0.2) is 9.59 Å². The molecule has 0 saturated carbocycles. The molecule has 2 aromatic carbocycles. The second-order valence-corrected chi connectivity index (χ2v) is 6.62. The van der Waals surface area contributed by atoms with Crippen LogP contribution in [0.25, 0.3) is 0 Å². The van der Waals surface area contributed by atoms with E-state index in [2.05, 4.69) is 22.3 Å². The molecule has 0 bridgehead atoms. The molecule has 152 valence electrons. The number of methoxy groups -OCH3 is 1. The zero-order valence-electron chi connectivity index (χ0n) is 16.9. The summed E-state index contributed by atoms with van der Waals surface area (Å²) in [5.41, 5.74) is 3.16. The molecule has 1 aromatic heterocycles. The molecule has 7 nitrogen and oxygen atoms in total. The molecule has 3 rings (SSSR count). The monoisotopic (exact) mass is 403 g/mol. The average Bonchev–Trinajstić information content (AvgIpc) is 3.16. The summed E-state index contributed by atoms with van der Waals surface area (Å²) < 4.78 is 9.74. The highest BCUT2D eigenvalue weighted by Crippen LogP contribution is 2.12. The Balaban J connectivity index is 1.67. The number of esters is 1. The third-order valence-electron chi connectivity index (χ3n) is 4.17. The Bertz CT molecular complexity index is 1120. The highest BCUT2D eigenvalue weighted by Gasteiger charge is 2.12. The predicted octanol–water partition coefficient (Wildman–Crippen LogP) is 3.83. The first-order valence-corrected chi connectivity index (χ1v) is 9.19. The third-order valence-corrected chi connectivity index (χ3v) is 4.17. The van der Waals surface area contributed by atoms with Gasteiger partial charge in [-0.2, -0.15) is 0 Å². The summed E-state index contributed by atoms with van der Waals surface area (Å²) in [7, 11) is 3.02. The Hall–Kier alpha value is -4.05. The molecule has 0 aliphatic heterocycles. The van der Waals surface area contributed by atoms with Crippen LogP contribution >= 0.6 is 0 Å². The number of carbonyl (C=O) groups excluding carboxylic acids is 2. The van der Waals surface area contributed by atoms with E-state index in [9.17, 15) is 9.59 Å². The van der Waals surface area contributed by atoms with Crippen molar-refractivity contribution in [3.05, 3.63) is 82.7 Å². The van der Waals surface area contributed by atoms with Crippen molar-refractivity contribution in [3.8, 4) is 11.8 Å². The molecular formula is C23H21N3O4. The number of aryl methyl sites for hydroxylation is 1. The van der Waals surface area contributed by atoms with E-state index in [4.69, 9.17) is 9.26 Å². The van der Waals surface area contributed by atoms with E-state index in [1.807, 2.05) is 18.2 Å². The number of carbonyl (C=O) groups is 2. The molecule has 0 unspecified atom stereocenters. The summed E-state index contributed by atoms with van der Waals surface area (Å²) in [4.78, 5) is 25.6. The molecule has 1 N–H and O–H groups in total. The molecule has 3 aromatic rings. The minimum atomic E-state index is -0.409. The normalized spacial score (nSPS) is 9.97. The van der Waals surface area contributed by atoms with Crippen molar-refractivity contribution in [2.45, 2.75) is 13.5 Å². The molecule has 0 aliphatic rings. The van der Waals surface area contributed by atoms with Crippen LogP contribution in [0, 0.1) is 18.8 Å². The SMILES string of the molecule is COC(=O)c1cccc(C#Cc2cccc(NC(=O)N(C)Cc3cc(C)on3)c2)c1. The minimum absolute atomic E-state index is 0.272. The minimum Gasteiger partial charge on any atom is -0.465 e. The second-order valence-electron chi connectivity index (χ2n) is 6.62. The van der Waals surface area contributed by atoms with Crippen molar-refractivity contribution >= 4 is 17.7 Å². The molecule has 0 aliphatic carbocycles. The van der Waals surface area contributed by atoms with Crippen LogP contribution in [0.5, 0.6) is 0 Å². The largest absolute Gasteiger partial charge is 0.465 e. The quantitative estimate of drug-likeness (QED) is 0.529. The summed E-state index contributed by atoms with van der Waals surface area (Å²) >= 11 is 0. The lowest BCUT2D eigenvalue weighted by Gasteiger charge is -2.16. The number of urea groups is 1. The highest BCUT2D eigenvalue weighted by atomic mass is 16.5. The topological polar surface area (TPSA) is 84.7 Å². The van der Waals surface area contributed by atoms with Gasteiger partial charge in [-0.1, -0.05) is 29.1 Å². The molecule has 0 saturated heterocycles. The lowest BCUT2D eigenvalue weighted by molar-refractivity contribution is 0.0600. The van der Waals surface area contributed by atoms with Crippen molar-refractivity contribution in [1.29, 1.82) is 0 Å². The van der Waals surface area contributed by atoms with Crippen molar-refractivity contribution in [1.82, 2.24) is 10.1 Å². The second kappa shape index (κ2) is 9.43. The maximum Gasteiger partial charge on any atom is 0.337 e. The molecule has 1 heterocycles. The zero-order chi connectivity index (χ0) is 21.5. The number of amides is 2. The molecule has 0 radical (unpaired) electrons. The van der Waals surface area contributed by atoms with Gasteiger partial charge in [0, 0.05) is 29.9 Å². The average molecular weight is 403 g/mol. The van der Waals surface area contributed by atoms with Crippen LogP contribution < -0.4 is 5.32 Å². The Morgan fingerprint density at radius 1 is 1.10 bits per heavy atom. The van der Waals surface area contributed by atoms with Crippen LogP contribution in [0.2, 0.25) is 0 Å². The van der Waals surface area contributed by atoms with E-state index in [1.165, 1.54) is 12.0 Å². The van der Waals surface area contributed by atoms with E-state index in [0.717, 1.165) is 5.56 Å². The molecule has 2 amide bonds. The van der Waals surface area contributed by atoms with Crippen LogP contribution in [0.15, 0.2) is 59.1 Å². The van der Waals surface area contributed by atoms with E-state index < -0.39 is 5.97 Å². The Morgan fingerprint density at radius 3 is 2.47 bits per heavy atom. The zero-order valence-corrected chi connectivity index (χ0v) is 16.9. The summed E-state index contributed by atoms with van der Waals surface area (Å²) in [5.74, 6) is 6.35. The molecule has 30 heavy (non-hydrogen) atoms. The van der Waals surface area contributed by atoms with Crippen LogP contribution in [-0.4, -0.2) is 36.2 Å². The lowest BCUT2D eigenvalue weighted by Crippen LogP contribution is -2.30. The number of hydrogen-bond acceptors (Lipinski definition) is 5. The fourth-order valence-electron chi connectivity index (χ4n) is 2.69. The molecule has 0 fully saturated rings. The summed E-state index contributed by atoms with van der Waals surface area (Å²) in [5, 5.41) is 6.73. The molecular weight excluding hydrogens is 382 g/mol. The standard InChI is InChI=1S/C23H21N3O4/c1-16-12-21(25-30-16)15-26(2)23(28)24-20-9-5-7-18(14-20)11-10-17-6-4-8-19(13-17)22(27)29-3/h4-9,12-14H,15H2,1-3H3,(H,24,28). The summed E-state index contributed by atoms with van der Waals surface area (Å²) in [6.07, 6.45) is 0. The van der Waals surface area contributed by atoms with Gasteiger partial charge in [0.2, 0.25) is 0 Å². The van der Waals surface area contributed by atoms with Gasteiger partial charge < -0.3 is 19.5 Å². The maximum absolute atomic E-state index is 12.4. The lowest BCUT2D eigenvalue weighted by atomic mass is 10.1. The maximum atomic E-state index is 12.4. The number of ether oxygens (including phenoxy) is 1. The highest BCUT2D eigenvalue weighted by molar-refractivity contribution is 5.90. The van der Waals surface area contributed by atoms with Crippen LogP contribution in [0.4, 0.5) is 10.5 Å². The number of nitrogens with zero attached hydrogens (tertiary/aromatic N) is 2. The number of benzene rings is 2. The van der Waals surface area contributed by atoms with Gasteiger partial charge in [0.25, 0.3) is 0 Å². The van der Waals surface area contributed by atoms with Crippen LogP contribution in [-0.2, 0) is 11.3 Å². The fraction of sp³-hybridized carbons (Fsp3) is 0.174. The first-order valence-electron chi connectivity index (χ1n) is 9.19. The van der Waals surface area contributed by atoms with Crippen molar-refractivity contribution < 1.29 is 18.8 Å². The molecule has 0 spiro atoms. The van der Waals surface area contributed by atoms with Crippen molar-refractivity contribution in [3.63, 3.8) is 0 Å². The number of aromatic nitrogens is 1. The fourth-order valence-corrected chi connectivity index (χ4v) is 2.69. The summed E-state index contributed by atoms with van der Waals surface area (Å²) in [6.45, 7) is 2.13. The Labute approximate surface area is 174 Å². The van der Waals surface area contributed by atoms with E-state index in [0.29, 0.717) is 34.8 Å². The van der Waals surface area contributed by atoms with Gasteiger partial charge in [0.15, 0.2) is 0 Å². The van der Waals surface area contributed by atoms with E-state index in [-0.39, 0.29) is 6.03 Å². The first-order chi connectivity index (χ1) is 14.4. The van der Waals surface area contributed by atoms with Gasteiger partial charge >= 0.3 is 12.0 Å². The van der Waals surface area contributed by atoms with Gasteiger partial charge in [-0.05, 0) is 43.3 Å². The predicted molar refractivity (Wildman–Crippen MR) is 112 cm³/mol. The number of rotatable bonds is 4. The van der Waals surface area contributed by atoms with Gasteiger partial charge in [0.05, 0.1) is 19.2 Å². The number of hydrogen-bond donors (Lipinski definition) is 1. The van der Waals surface area contributed by atoms with E-state index in [1.54, 1.807) is 50.4 Å². The van der Waals surface area contributed by atoms with Crippen LogP contribution in [0.3, 0.4) is 0 Å². The van der Waals surface area contributed by atoms with Crippen molar-refractivity contribution in [2.75, 3.05) is 19.5 Å². The number of anilines is 1. The Kier molecular flexibility index (Phi) is 6.50. The summed E-state index contributed by atoms with van der Waals surface area (Å²) in [6, 6.07) is 15.6. The van der Waals surface area contributed by atoms with Gasteiger partial charge in [0.1, 0.15) is 11.5 Å². The third kappa shape index (κ3) is 5.49. The van der Waals surface area contributed by atoms with Crippen molar-refractivity contribution in [2.24, 2.45) is 0 Å². The first kappa shape index (κ1) is 20.7. The van der Waals surface area contributed by atoms with Gasteiger partial charge in [-0.15, -0.1) is 0 Å². The molecule has 7 heteroatoms. The smallest absolute Gasteiger partial charge is 0.337 e. The van der Waals surface area contributed by atoms with E-state index >= 15 is 0 Å². The van der Waals surface area contributed by atoms with Gasteiger partial charge in [-0.3, -0.25) is 0 Å². The van der Waals surface area contributed by atoms with Crippen LogP contribution in [0.1, 0.15) is 32.9 Å². The Morgan fingerprint density at radius 2 is 1.80 bits per heavy atom.